The van der Waals surface area contributed by atoms with Crippen molar-refractivity contribution < 1.29 is 14.7 Å². The zero-order chi connectivity index (χ0) is 15.0. The molecular formula is C16H18ClNO3. The summed E-state index contributed by atoms with van der Waals surface area (Å²) in [5.74, 6) is 0.0913. The molecule has 1 aromatic carbocycles. The molecule has 0 bridgehead atoms. The van der Waals surface area contributed by atoms with Crippen LogP contribution in [0.5, 0.6) is 0 Å². The Balaban J connectivity index is 1.70. The summed E-state index contributed by atoms with van der Waals surface area (Å²) in [4.78, 5) is 25.1. The lowest BCUT2D eigenvalue weighted by atomic mass is 10.1. The third kappa shape index (κ3) is 3.05. The fourth-order valence-corrected chi connectivity index (χ4v) is 3.71. The Morgan fingerprint density at radius 3 is 2.38 bits per heavy atom. The van der Waals surface area contributed by atoms with Gasteiger partial charge in [0.1, 0.15) is 6.54 Å². The van der Waals surface area contributed by atoms with Crippen LogP contribution in [0.1, 0.15) is 24.8 Å². The molecule has 112 valence electrons. The van der Waals surface area contributed by atoms with Crippen LogP contribution in [0.25, 0.3) is 0 Å². The summed E-state index contributed by atoms with van der Waals surface area (Å²) in [6.45, 7) is 0.0929. The maximum Gasteiger partial charge on any atom is 0.323 e. The van der Waals surface area contributed by atoms with Gasteiger partial charge < -0.3 is 10.0 Å². The quantitative estimate of drug-likeness (QED) is 0.910. The number of hydrogen-bond donors (Lipinski definition) is 1. The van der Waals surface area contributed by atoms with Crippen LogP contribution in [0, 0.1) is 17.8 Å². The number of carbonyl (C=O) groups excluding carboxylic acids is 1. The Kier molecular flexibility index (Phi) is 3.89. The molecule has 1 amide bonds. The van der Waals surface area contributed by atoms with Crippen LogP contribution in [0.3, 0.4) is 0 Å². The Bertz CT molecular complexity index is 547. The molecule has 2 aliphatic carbocycles. The minimum Gasteiger partial charge on any atom is -0.480 e. The molecular weight excluding hydrogens is 290 g/mol. The Labute approximate surface area is 128 Å². The highest BCUT2D eigenvalue weighted by Gasteiger charge is 2.57. The summed E-state index contributed by atoms with van der Waals surface area (Å²) >= 11 is 5.85. The van der Waals surface area contributed by atoms with Crippen molar-refractivity contribution in [3.63, 3.8) is 0 Å². The van der Waals surface area contributed by atoms with Gasteiger partial charge in [-0.05, 0) is 42.4 Å². The van der Waals surface area contributed by atoms with Gasteiger partial charge >= 0.3 is 5.97 Å². The van der Waals surface area contributed by atoms with Crippen LogP contribution < -0.4 is 0 Å². The van der Waals surface area contributed by atoms with Gasteiger partial charge in [-0.25, -0.2) is 0 Å². The third-order valence-corrected chi connectivity index (χ3v) is 4.87. The van der Waals surface area contributed by atoms with E-state index in [0.717, 1.165) is 18.4 Å². The number of carbonyl (C=O) groups is 2. The van der Waals surface area contributed by atoms with Crippen LogP contribution in [-0.4, -0.2) is 28.4 Å². The second-order valence-corrected chi connectivity index (χ2v) is 6.44. The van der Waals surface area contributed by atoms with Crippen molar-refractivity contribution in [3.8, 4) is 0 Å². The van der Waals surface area contributed by atoms with E-state index in [4.69, 9.17) is 16.7 Å². The van der Waals surface area contributed by atoms with Gasteiger partial charge in [0.25, 0.3) is 0 Å². The molecule has 0 aliphatic heterocycles. The smallest absolute Gasteiger partial charge is 0.323 e. The summed E-state index contributed by atoms with van der Waals surface area (Å²) in [5, 5.41) is 9.68. The van der Waals surface area contributed by atoms with Gasteiger partial charge in [-0.2, -0.15) is 0 Å². The first-order valence-electron chi connectivity index (χ1n) is 7.31. The first-order valence-corrected chi connectivity index (χ1v) is 7.69. The lowest BCUT2D eigenvalue weighted by Crippen LogP contribution is -2.37. The van der Waals surface area contributed by atoms with Crippen molar-refractivity contribution in [1.29, 1.82) is 0 Å². The van der Waals surface area contributed by atoms with Crippen molar-refractivity contribution in [3.05, 3.63) is 34.9 Å². The van der Waals surface area contributed by atoms with Gasteiger partial charge in [-0.1, -0.05) is 30.2 Å². The topological polar surface area (TPSA) is 57.6 Å². The van der Waals surface area contributed by atoms with Gasteiger partial charge in [-0.3, -0.25) is 9.59 Å². The average Bonchev–Trinajstić information content (AvgIpc) is 2.91. The van der Waals surface area contributed by atoms with E-state index in [9.17, 15) is 9.59 Å². The van der Waals surface area contributed by atoms with Crippen LogP contribution in [0.15, 0.2) is 24.3 Å². The van der Waals surface area contributed by atoms with E-state index in [1.54, 1.807) is 12.1 Å². The average molecular weight is 308 g/mol. The maximum absolute atomic E-state index is 12.6. The van der Waals surface area contributed by atoms with Crippen LogP contribution in [0.2, 0.25) is 5.02 Å². The van der Waals surface area contributed by atoms with Gasteiger partial charge in [0.2, 0.25) is 5.91 Å². The number of halogens is 1. The number of nitrogens with zero attached hydrogens (tertiary/aromatic N) is 1. The third-order valence-electron chi connectivity index (χ3n) is 4.62. The summed E-state index contributed by atoms with van der Waals surface area (Å²) < 4.78 is 0. The van der Waals surface area contributed by atoms with Crippen molar-refractivity contribution in [2.75, 3.05) is 6.54 Å². The second kappa shape index (κ2) is 5.68. The summed E-state index contributed by atoms with van der Waals surface area (Å²) in [5.41, 5.74) is 0.903. The molecule has 2 atom stereocenters. The number of carboxylic acids is 1. The molecule has 4 nitrogen and oxygen atoms in total. The first kappa shape index (κ1) is 14.4. The molecule has 1 aromatic rings. The van der Waals surface area contributed by atoms with Crippen molar-refractivity contribution >= 4 is 23.5 Å². The molecule has 21 heavy (non-hydrogen) atoms. The maximum atomic E-state index is 12.6. The summed E-state index contributed by atoms with van der Waals surface area (Å²) in [6, 6.07) is 7.18. The largest absolute Gasteiger partial charge is 0.480 e. The standard InChI is InChI=1S/C16H18ClNO3/c17-11-6-4-10(5-7-11)8-18(9-14(19)20)16(21)15-12-2-1-3-13(12)15/h4-7,12-13,15H,1-3,8-9H2,(H,19,20). The minimum atomic E-state index is -0.969. The van der Waals surface area contributed by atoms with E-state index >= 15 is 0 Å². The zero-order valence-electron chi connectivity index (χ0n) is 11.7. The van der Waals surface area contributed by atoms with Gasteiger partial charge in [0.05, 0.1) is 0 Å². The zero-order valence-corrected chi connectivity index (χ0v) is 12.4. The minimum absolute atomic E-state index is 0.00190. The highest BCUT2D eigenvalue weighted by molar-refractivity contribution is 6.30. The van der Waals surface area contributed by atoms with E-state index in [1.165, 1.54) is 11.3 Å². The van der Waals surface area contributed by atoms with E-state index < -0.39 is 5.97 Å². The van der Waals surface area contributed by atoms with E-state index in [-0.39, 0.29) is 18.4 Å². The van der Waals surface area contributed by atoms with Gasteiger partial charge in [0.15, 0.2) is 0 Å². The number of benzene rings is 1. The fraction of sp³-hybridized carbons (Fsp3) is 0.500. The van der Waals surface area contributed by atoms with Crippen LogP contribution >= 0.6 is 11.6 Å². The number of hydrogen-bond acceptors (Lipinski definition) is 2. The van der Waals surface area contributed by atoms with Crippen molar-refractivity contribution in [1.82, 2.24) is 4.90 Å². The fourth-order valence-electron chi connectivity index (χ4n) is 3.58. The number of amides is 1. The number of aliphatic carboxylic acids is 1. The highest BCUT2D eigenvalue weighted by atomic mass is 35.5. The molecule has 5 heteroatoms. The molecule has 2 unspecified atom stereocenters. The summed E-state index contributed by atoms with van der Waals surface area (Å²) in [7, 11) is 0. The van der Waals surface area contributed by atoms with Crippen LogP contribution in [0.4, 0.5) is 0 Å². The van der Waals surface area contributed by atoms with Gasteiger partial charge in [-0.15, -0.1) is 0 Å². The monoisotopic (exact) mass is 307 g/mol. The van der Waals surface area contributed by atoms with E-state index in [2.05, 4.69) is 0 Å². The van der Waals surface area contributed by atoms with Gasteiger partial charge in [0, 0.05) is 17.5 Å². The Morgan fingerprint density at radius 1 is 1.19 bits per heavy atom. The molecule has 0 aromatic heterocycles. The normalized spacial score (nSPS) is 26.2. The SMILES string of the molecule is O=C(O)CN(Cc1ccc(Cl)cc1)C(=O)C1C2CCCC21. The predicted octanol–water partition coefficient (Wildman–Crippen LogP) is 2.80. The summed E-state index contributed by atoms with van der Waals surface area (Å²) in [6.07, 6.45) is 3.43. The number of rotatable bonds is 5. The Hall–Kier alpha value is -1.55. The molecule has 0 heterocycles. The lowest BCUT2D eigenvalue weighted by molar-refractivity contribution is -0.145. The predicted molar refractivity (Wildman–Crippen MR) is 78.8 cm³/mol. The van der Waals surface area contributed by atoms with Crippen molar-refractivity contribution in [2.24, 2.45) is 17.8 Å². The molecule has 0 spiro atoms. The van der Waals surface area contributed by atoms with E-state index in [1.807, 2.05) is 12.1 Å². The lowest BCUT2D eigenvalue weighted by Gasteiger charge is -2.22. The second-order valence-electron chi connectivity index (χ2n) is 6.00. The molecule has 2 saturated carbocycles. The first-order chi connectivity index (χ1) is 10.1. The molecule has 1 N–H and O–H groups in total. The van der Waals surface area contributed by atoms with E-state index in [0.29, 0.717) is 23.4 Å². The highest BCUT2D eigenvalue weighted by Crippen LogP contribution is 2.58. The van der Waals surface area contributed by atoms with Crippen LogP contribution in [-0.2, 0) is 16.1 Å². The molecule has 0 radical (unpaired) electrons. The molecule has 2 aliphatic rings. The molecule has 2 fully saturated rings. The van der Waals surface area contributed by atoms with Crippen molar-refractivity contribution in [2.45, 2.75) is 25.8 Å². The molecule has 3 rings (SSSR count). The molecule has 0 saturated heterocycles. The Morgan fingerprint density at radius 2 is 1.81 bits per heavy atom. The number of carboxylic acid groups (broad SMARTS) is 1. The number of fused-ring (bicyclic) bond motifs is 1.